The van der Waals surface area contributed by atoms with Gasteiger partial charge in [-0.25, -0.2) is 27.8 Å². The molecule has 1 aliphatic rings. The van der Waals surface area contributed by atoms with Crippen molar-refractivity contribution in [3.05, 3.63) is 70.4 Å². The molecule has 0 unspecified atom stereocenters. The van der Waals surface area contributed by atoms with Gasteiger partial charge in [-0.2, -0.15) is 0 Å². The van der Waals surface area contributed by atoms with Gasteiger partial charge < -0.3 is 10.2 Å². The third kappa shape index (κ3) is 6.94. The van der Waals surface area contributed by atoms with Gasteiger partial charge in [0.05, 0.1) is 5.02 Å². The van der Waals surface area contributed by atoms with Crippen LogP contribution in [0.5, 0.6) is 0 Å². The van der Waals surface area contributed by atoms with Crippen LogP contribution in [0, 0.1) is 12.7 Å². The lowest BCUT2D eigenvalue weighted by Crippen LogP contribution is -2.36. The number of halogens is 2. The van der Waals surface area contributed by atoms with E-state index in [0.717, 1.165) is 31.2 Å². The fourth-order valence-electron chi connectivity index (χ4n) is 4.54. The zero-order chi connectivity index (χ0) is 26.6. The summed E-state index contributed by atoms with van der Waals surface area (Å²) in [5.41, 5.74) is 2.13. The second kappa shape index (κ2) is 11.7. The summed E-state index contributed by atoms with van der Waals surface area (Å²) >= 11 is 6.00. The Morgan fingerprint density at radius 1 is 1.08 bits per heavy atom. The minimum absolute atomic E-state index is 0.0453. The molecule has 3 aromatic rings. The monoisotopic (exact) mass is 546 g/mol. The number of rotatable bonds is 9. The number of benzene rings is 1. The summed E-state index contributed by atoms with van der Waals surface area (Å²) in [6, 6.07) is 8.30. The summed E-state index contributed by atoms with van der Waals surface area (Å²) in [5.74, 6) is -0.494. The molecule has 11 heteroatoms. The Balaban J connectivity index is 1.35. The average molecular weight is 547 g/mol. The normalized spacial score (nSPS) is 18.1. The van der Waals surface area contributed by atoms with Gasteiger partial charge in [0, 0.05) is 30.2 Å². The first-order chi connectivity index (χ1) is 17.6. The number of nitrogens with one attached hydrogen (secondary N) is 2. The first-order valence-electron chi connectivity index (χ1n) is 12.3. The van der Waals surface area contributed by atoms with Crippen LogP contribution in [0.4, 0.5) is 16.2 Å². The van der Waals surface area contributed by atoms with Crippen LogP contribution in [0.1, 0.15) is 42.5 Å². The number of pyridine rings is 1. The first-order valence-corrected chi connectivity index (χ1v) is 14.2. The van der Waals surface area contributed by atoms with Gasteiger partial charge in [-0.05, 0) is 88.9 Å². The zero-order valence-electron chi connectivity index (χ0n) is 21.2. The van der Waals surface area contributed by atoms with Gasteiger partial charge in [0.15, 0.2) is 11.6 Å². The lowest BCUT2D eigenvalue weighted by molar-refractivity contribution is 0.221. The summed E-state index contributed by atoms with van der Waals surface area (Å²) in [6.07, 6.45) is 9.18. The molecule has 0 bridgehead atoms. The van der Waals surface area contributed by atoms with E-state index in [1.165, 1.54) is 18.2 Å². The molecule has 2 aromatic heterocycles. The topological polar surface area (TPSA) is 100 Å². The number of aryl methyl sites for hydroxylation is 3. The number of anilines is 2. The fourth-order valence-corrected chi connectivity index (χ4v) is 6.08. The van der Waals surface area contributed by atoms with E-state index in [4.69, 9.17) is 11.6 Å². The Labute approximate surface area is 222 Å². The van der Waals surface area contributed by atoms with E-state index in [0.29, 0.717) is 42.1 Å². The molecule has 37 heavy (non-hydrogen) atoms. The van der Waals surface area contributed by atoms with Crippen molar-refractivity contribution in [2.45, 2.75) is 62.4 Å². The van der Waals surface area contributed by atoms with Crippen molar-refractivity contribution in [2.75, 3.05) is 24.1 Å². The predicted molar refractivity (Wildman–Crippen MR) is 144 cm³/mol. The zero-order valence-corrected chi connectivity index (χ0v) is 22.8. The van der Waals surface area contributed by atoms with Crippen LogP contribution in [-0.2, 0) is 22.9 Å². The number of nitrogens with zero attached hydrogens (tertiary/aromatic N) is 4. The minimum Gasteiger partial charge on any atom is -0.351 e. The Morgan fingerprint density at radius 3 is 2.41 bits per heavy atom. The lowest BCUT2D eigenvalue weighted by Gasteiger charge is -2.32. The van der Waals surface area contributed by atoms with Crippen LogP contribution >= 0.6 is 11.6 Å². The van der Waals surface area contributed by atoms with E-state index in [1.54, 1.807) is 31.5 Å². The number of hydrogen-bond donors (Lipinski definition) is 2. The minimum atomic E-state index is -4.08. The summed E-state index contributed by atoms with van der Waals surface area (Å²) < 4.78 is 42.3. The predicted octanol–water partition coefficient (Wildman–Crippen LogP) is 4.84. The maximum absolute atomic E-state index is 14.8. The van der Waals surface area contributed by atoms with Gasteiger partial charge in [0.2, 0.25) is 5.95 Å². The van der Waals surface area contributed by atoms with Gasteiger partial charge in [0.1, 0.15) is 4.90 Å². The number of sulfonamides is 1. The Morgan fingerprint density at radius 2 is 1.76 bits per heavy atom. The van der Waals surface area contributed by atoms with Crippen molar-refractivity contribution in [3.8, 4) is 0 Å². The van der Waals surface area contributed by atoms with Crippen molar-refractivity contribution < 1.29 is 12.8 Å². The van der Waals surface area contributed by atoms with E-state index >= 15 is 0 Å². The molecule has 1 aliphatic carbocycles. The highest BCUT2D eigenvalue weighted by atomic mass is 35.5. The maximum atomic E-state index is 14.8. The van der Waals surface area contributed by atoms with Crippen molar-refractivity contribution in [1.82, 2.24) is 19.9 Å². The van der Waals surface area contributed by atoms with Crippen LogP contribution < -0.4 is 10.0 Å². The Kier molecular flexibility index (Phi) is 8.61. The molecule has 198 valence electrons. The first kappa shape index (κ1) is 27.2. The molecular weight excluding hydrogens is 515 g/mol. The average Bonchev–Trinajstić information content (AvgIpc) is 2.86. The quantitative estimate of drug-likeness (QED) is 0.396. The van der Waals surface area contributed by atoms with Gasteiger partial charge in [-0.3, -0.25) is 4.72 Å². The van der Waals surface area contributed by atoms with Crippen LogP contribution in [0.15, 0.2) is 47.6 Å². The Hall–Kier alpha value is -2.82. The highest BCUT2D eigenvalue weighted by Crippen LogP contribution is 2.26. The van der Waals surface area contributed by atoms with Crippen molar-refractivity contribution in [3.63, 3.8) is 0 Å². The van der Waals surface area contributed by atoms with Crippen LogP contribution in [0.2, 0.25) is 5.02 Å². The van der Waals surface area contributed by atoms with E-state index in [9.17, 15) is 12.8 Å². The maximum Gasteiger partial charge on any atom is 0.264 e. The third-order valence-corrected chi connectivity index (χ3v) is 8.62. The molecule has 0 atom stereocenters. The van der Waals surface area contributed by atoms with Crippen molar-refractivity contribution in [1.29, 1.82) is 0 Å². The SMILES string of the molecule is Cc1nc(NS(=O)(=O)c2ccccc2Cl)c(F)cc1CCc1cnc(NC2CCC(N(C)C)CC2)nc1. The smallest absolute Gasteiger partial charge is 0.264 e. The molecule has 2 heterocycles. The van der Waals surface area contributed by atoms with Crippen molar-refractivity contribution >= 4 is 33.4 Å². The molecule has 0 saturated heterocycles. The molecule has 0 amide bonds. The summed E-state index contributed by atoms with van der Waals surface area (Å²) in [5, 5.41) is 3.48. The molecule has 4 rings (SSSR count). The van der Waals surface area contributed by atoms with Crippen molar-refractivity contribution in [2.24, 2.45) is 0 Å². The molecule has 1 aromatic carbocycles. The van der Waals surface area contributed by atoms with E-state index in [-0.39, 0.29) is 15.7 Å². The molecule has 8 nitrogen and oxygen atoms in total. The van der Waals surface area contributed by atoms with Crippen LogP contribution in [0.25, 0.3) is 0 Å². The van der Waals surface area contributed by atoms with Crippen LogP contribution in [-0.4, -0.2) is 54.4 Å². The molecule has 1 fully saturated rings. The van der Waals surface area contributed by atoms with Gasteiger partial charge in [0.25, 0.3) is 10.0 Å². The highest BCUT2D eigenvalue weighted by molar-refractivity contribution is 7.92. The largest absolute Gasteiger partial charge is 0.351 e. The lowest BCUT2D eigenvalue weighted by atomic mass is 9.91. The second-order valence-electron chi connectivity index (χ2n) is 9.63. The number of aromatic nitrogens is 3. The van der Waals surface area contributed by atoms with E-state index in [2.05, 4.69) is 44.0 Å². The molecule has 1 saturated carbocycles. The van der Waals surface area contributed by atoms with Gasteiger partial charge in [-0.1, -0.05) is 23.7 Å². The summed E-state index contributed by atoms with van der Waals surface area (Å²) in [4.78, 5) is 15.2. The third-order valence-electron chi connectivity index (χ3n) is 6.78. The number of hydrogen-bond acceptors (Lipinski definition) is 7. The molecule has 0 radical (unpaired) electrons. The molecule has 0 spiro atoms. The standard InChI is InChI=1S/C26H32ClFN6O2S/c1-17-19(14-23(28)25(31-17)33-37(35,36)24-7-5-4-6-22(24)27)9-8-18-15-29-26(30-16-18)32-20-10-12-21(13-11-20)34(2)3/h4-7,14-16,20-21H,8-13H2,1-3H3,(H,31,33)(H,29,30,32). The second-order valence-corrected chi connectivity index (χ2v) is 11.7. The van der Waals surface area contributed by atoms with Gasteiger partial charge in [-0.15, -0.1) is 0 Å². The van der Waals surface area contributed by atoms with E-state index < -0.39 is 15.8 Å². The summed E-state index contributed by atoms with van der Waals surface area (Å²) in [7, 11) is 0.176. The van der Waals surface area contributed by atoms with E-state index in [1.807, 2.05) is 0 Å². The fraction of sp³-hybridized carbons (Fsp3) is 0.423. The Bertz CT molecular complexity index is 1330. The molecule has 0 aliphatic heterocycles. The summed E-state index contributed by atoms with van der Waals surface area (Å²) in [6.45, 7) is 1.72. The molecular formula is C26H32ClFN6O2S. The highest BCUT2D eigenvalue weighted by Gasteiger charge is 2.23. The van der Waals surface area contributed by atoms with Crippen LogP contribution in [0.3, 0.4) is 0 Å². The molecule has 2 N–H and O–H groups in total. The van der Waals surface area contributed by atoms with Gasteiger partial charge >= 0.3 is 0 Å².